The average Bonchev–Trinajstić information content (AvgIpc) is 3.66. The number of carbonyl (C=O) groups is 4. The van der Waals surface area contributed by atoms with E-state index in [1.54, 1.807) is 42.4 Å². The number of nitriles is 1. The maximum Gasteiger partial charge on any atom is 0.253 e. The fraction of sp³-hybridized carbons (Fsp3) is 0.610. The third kappa shape index (κ3) is 9.39. The number of ether oxygens (including phenoxy) is 2. The summed E-state index contributed by atoms with van der Waals surface area (Å²) in [6.45, 7) is 18.3. The van der Waals surface area contributed by atoms with Crippen molar-refractivity contribution in [2.45, 2.75) is 85.5 Å². The van der Waals surface area contributed by atoms with Crippen molar-refractivity contribution in [3.05, 3.63) is 52.7 Å². The molecule has 1 aromatic carbocycles. The van der Waals surface area contributed by atoms with Crippen LogP contribution in [0.2, 0.25) is 5.02 Å². The minimum Gasteiger partial charge on any atom is -0.489 e. The molecule has 0 spiro atoms. The van der Waals surface area contributed by atoms with Crippen molar-refractivity contribution in [3.63, 3.8) is 0 Å². The van der Waals surface area contributed by atoms with E-state index in [2.05, 4.69) is 64.5 Å². The Hall–Kier alpha value is -4.45. The highest BCUT2D eigenvalue weighted by Crippen LogP contribution is 2.55. The molecular formula is C41H57ClN8O6. The van der Waals surface area contributed by atoms with Crippen LogP contribution in [0.15, 0.2) is 36.5 Å². The fourth-order valence-corrected chi connectivity index (χ4v) is 8.78. The van der Waals surface area contributed by atoms with E-state index in [-0.39, 0.29) is 53.2 Å². The van der Waals surface area contributed by atoms with Gasteiger partial charge in [0.15, 0.2) is 0 Å². The van der Waals surface area contributed by atoms with E-state index in [0.717, 1.165) is 38.4 Å². The number of hydrogen-bond donors (Lipinski definition) is 3. The van der Waals surface area contributed by atoms with Gasteiger partial charge in [-0.1, -0.05) is 60.1 Å². The number of hydrogen-bond acceptors (Lipinski definition) is 10. The molecule has 1 aromatic heterocycles. The largest absolute Gasteiger partial charge is 0.489 e. The van der Waals surface area contributed by atoms with E-state index >= 15 is 0 Å². The highest BCUT2D eigenvalue weighted by atomic mass is 35.5. The Bertz CT molecular complexity index is 1780. The Morgan fingerprint density at radius 2 is 1.73 bits per heavy atom. The number of aromatic nitrogens is 1. The maximum atomic E-state index is 13.5. The number of anilines is 1. The Labute approximate surface area is 335 Å². The van der Waals surface area contributed by atoms with Gasteiger partial charge in [0.25, 0.3) is 5.91 Å². The van der Waals surface area contributed by atoms with Crippen LogP contribution in [0.4, 0.5) is 5.82 Å². The topological polar surface area (TPSA) is 169 Å². The molecule has 304 valence electrons. The van der Waals surface area contributed by atoms with Crippen LogP contribution < -0.4 is 25.6 Å². The van der Waals surface area contributed by atoms with Crippen LogP contribution in [-0.2, 0) is 19.1 Å². The zero-order valence-electron chi connectivity index (χ0n) is 33.9. The van der Waals surface area contributed by atoms with Gasteiger partial charge in [0, 0.05) is 75.5 Å². The van der Waals surface area contributed by atoms with Gasteiger partial charge < -0.3 is 35.2 Å². The molecule has 0 bridgehead atoms. The standard InChI is InChI=1S/C41H57ClN8O6/c1-39(2,3)33(36(54)50-15-9-10-30(50)35(53)44-8)46-32(51)25-55-21-20-48-16-18-49(19-17-48)31-14-12-27(24-45-31)34(52)47-37-40(4,5)38(41(37,6)7)56-28-13-11-26(23-43)29(42)22-28/h11-14,22,24,30,33,37-38H,9-10,15-21,25H2,1-8H3,(H,44,53)(H,46,51)(H,47,52)/t30-,33-,37-,38-/m1/s1. The Morgan fingerprint density at radius 1 is 1.04 bits per heavy atom. The molecule has 56 heavy (non-hydrogen) atoms. The summed E-state index contributed by atoms with van der Waals surface area (Å²) in [6.07, 6.45) is 2.76. The van der Waals surface area contributed by atoms with Crippen molar-refractivity contribution in [2.24, 2.45) is 16.2 Å². The van der Waals surface area contributed by atoms with Crippen LogP contribution in [0.1, 0.15) is 77.2 Å². The van der Waals surface area contributed by atoms with Gasteiger partial charge >= 0.3 is 0 Å². The number of nitrogens with zero attached hydrogens (tertiary/aromatic N) is 5. The fourth-order valence-electron chi connectivity index (χ4n) is 8.56. The van der Waals surface area contributed by atoms with Crippen molar-refractivity contribution in [1.82, 2.24) is 30.7 Å². The summed E-state index contributed by atoms with van der Waals surface area (Å²) in [7, 11) is 1.56. The molecule has 0 radical (unpaired) electrons. The van der Waals surface area contributed by atoms with E-state index < -0.39 is 17.5 Å². The smallest absolute Gasteiger partial charge is 0.253 e. The lowest BCUT2D eigenvalue weighted by Gasteiger charge is -2.63. The van der Waals surface area contributed by atoms with Crippen LogP contribution in [0.5, 0.6) is 5.75 Å². The first-order valence-corrected chi connectivity index (χ1v) is 19.8. The summed E-state index contributed by atoms with van der Waals surface area (Å²) in [5.74, 6) is 0.364. The predicted octanol–water partition coefficient (Wildman–Crippen LogP) is 3.63. The monoisotopic (exact) mass is 792 g/mol. The summed E-state index contributed by atoms with van der Waals surface area (Å²) < 4.78 is 12.1. The molecule has 3 N–H and O–H groups in total. The minimum absolute atomic E-state index is 0.165. The van der Waals surface area contributed by atoms with Crippen molar-refractivity contribution in [2.75, 3.05) is 64.4 Å². The number of likely N-dealkylation sites (N-methyl/N-ethyl adjacent to an activating group) is 1. The summed E-state index contributed by atoms with van der Waals surface area (Å²) in [5, 5.41) is 18.3. The SMILES string of the molecule is CNC(=O)[C@H]1CCCN1C(=O)[C@@H](NC(=O)COCCN1CCN(c2ccc(C(=O)N[C@H]3C(C)(C)[C@H](Oc4ccc(C#N)c(Cl)c4)C3(C)C)cn2)CC1)C(C)(C)C. The van der Waals surface area contributed by atoms with Crippen molar-refractivity contribution < 1.29 is 28.7 Å². The zero-order chi connectivity index (χ0) is 41.0. The van der Waals surface area contributed by atoms with Crippen molar-refractivity contribution >= 4 is 41.0 Å². The number of carbonyl (C=O) groups excluding carboxylic acids is 4. The third-order valence-corrected chi connectivity index (χ3v) is 11.7. The second kappa shape index (κ2) is 17.4. The molecule has 0 unspecified atom stereocenters. The molecule has 2 atom stereocenters. The third-order valence-electron chi connectivity index (χ3n) is 11.4. The molecule has 4 amide bonds. The van der Waals surface area contributed by atoms with Gasteiger partial charge in [-0.2, -0.15) is 5.26 Å². The maximum absolute atomic E-state index is 13.5. The normalized spacial score (nSPS) is 22.3. The molecule has 3 aliphatic rings. The first kappa shape index (κ1) is 42.7. The molecule has 2 aromatic rings. The van der Waals surface area contributed by atoms with Gasteiger partial charge in [-0.15, -0.1) is 0 Å². The zero-order valence-corrected chi connectivity index (χ0v) is 34.7. The Morgan fingerprint density at radius 3 is 2.32 bits per heavy atom. The van der Waals surface area contributed by atoms with Crippen LogP contribution in [-0.4, -0.2) is 122 Å². The number of halogens is 1. The van der Waals surface area contributed by atoms with Crippen LogP contribution >= 0.6 is 11.6 Å². The average molecular weight is 793 g/mol. The van der Waals surface area contributed by atoms with Crippen LogP contribution in [0.3, 0.4) is 0 Å². The second-order valence-corrected chi connectivity index (χ2v) is 17.7. The molecule has 3 heterocycles. The van der Waals surface area contributed by atoms with Gasteiger partial charge in [0.05, 0.1) is 22.8 Å². The minimum atomic E-state index is -0.785. The number of amides is 4. The van der Waals surface area contributed by atoms with Gasteiger partial charge in [-0.25, -0.2) is 4.98 Å². The second-order valence-electron chi connectivity index (χ2n) is 17.3. The molecular weight excluding hydrogens is 736 g/mol. The van der Waals surface area contributed by atoms with Crippen LogP contribution in [0, 0.1) is 27.6 Å². The predicted molar refractivity (Wildman–Crippen MR) is 213 cm³/mol. The lowest BCUT2D eigenvalue weighted by Crippen LogP contribution is -2.74. The summed E-state index contributed by atoms with van der Waals surface area (Å²) in [5.41, 5.74) is -0.454. The molecule has 1 aliphatic carbocycles. The van der Waals surface area contributed by atoms with E-state index in [9.17, 15) is 24.4 Å². The number of benzene rings is 1. The molecule has 3 fully saturated rings. The first-order valence-electron chi connectivity index (χ1n) is 19.4. The lowest BCUT2D eigenvalue weighted by molar-refractivity contribution is -0.164. The van der Waals surface area contributed by atoms with E-state index in [0.29, 0.717) is 48.0 Å². The quantitative estimate of drug-likeness (QED) is 0.255. The lowest BCUT2D eigenvalue weighted by atomic mass is 9.49. The Balaban J connectivity index is 1.04. The highest BCUT2D eigenvalue weighted by molar-refractivity contribution is 6.31. The van der Waals surface area contributed by atoms with E-state index in [1.807, 2.05) is 26.8 Å². The summed E-state index contributed by atoms with van der Waals surface area (Å²) in [6, 6.07) is 9.31. The van der Waals surface area contributed by atoms with Crippen molar-refractivity contribution in [3.8, 4) is 11.8 Å². The first-order chi connectivity index (χ1) is 26.4. The summed E-state index contributed by atoms with van der Waals surface area (Å²) >= 11 is 6.23. The van der Waals surface area contributed by atoms with E-state index in [4.69, 9.17) is 21.1 Å². The van der Waals surface area contributed by atoms with Gasteiger partial charge in [-0.3, -0.25) is 24.1 Å². The van der Waals surface area contributed by atoms with Gasteiger partial charge in [-0.05, 0) is 42.5 Å². The van der Waals surface area contributed by atoms with Crippen molar-refractivity contribution in [1.29, 1.82) is 5.26 Å². The number of pyridine rings is 1. The summed E-state index contributed by atoms with van der Waals surface area (Å²) in [4.78, 5) is 62.8. The highest BCUT2D eigenvalue weighted by Gasteiger charge is 2.64. The molecule has 14 nitrogen and oxygen atoms in total. The Kier molecular flexibility index (Phi) is 13.2. The molecule has 15 heteroatoms. The number of likely N-dealkylation sites (tertiary alicyclic amines) is 1. The molecule has 2 saturated heterocycles. The van der Waals surface area contributed by atoms with Gasteiger partial charge in [0.2, 0.25) is 17.7 Å². The van der Waals surface area contributed by atoms with Crippen LogP contribution in [0.25, 0.3) is 0 Å². The number of rotatable bonds is 13. The molecule has 2 aliphatic heterocycles. The van der Waals surface area contributed by atoms with E-state index in [1.165, 1.54) is 0 Å². The van der Waals surface area contributed by atoms with Gasteiger partial charge in [0.1, 0.15) is 42.4 Å². The molecule has 1 saturated carbocycles. The molecule has 5 rings (SSSR count). The number of piperazine rings is 1. The number of nitrogens with one attached hydrogen (secondary N) is 3.